The van der Waals surface area contributed by atoms with Crippen LogP contribution in [0.15, 0.2) is 60.7 Å². The highest BCUT2D eigenvalue weighted by atomic mass is 32.2. The molecular formula is C24H28N4O3S. The number of aromatic nitrogens is 2. The van der Waals surface area contributed by atoms with Gasteiger partial charge in [-0.2, -0.15) is 5.10 Å². The van der Waals surface area contributed by atoms with Crippen LogP contribution in [0, 0.1) is 12.8 Å². The highest BCUT2D eigenvalue weighted by molar-refractivity contribution is 7.88. The van der Waals surface area contributed by atoms with Gasteiger partial charge < -0.3 is 5.32 Å². The summed E-state index contributed by atoms with van der Waals surface area (Å²) in [6.45, 7) is 3.31. The molecule has 32 heavy (non-hydrogen) atoms. The summed E-state index contributed by atoms with van der Waals surface area (Å²) in [6.07, 6.45) is 2.23. The van der Waals surface area contributed by atoms with E-state index in [-0.39, 0.29) is 11.8 Å². The van der Waals surface area contributed by atoms with Gasteiger partial charge in [0.15, 0.2) is 0 Å². The molecule has 3 aromatic rings. The number of aryl methyl sites for hydroxylation is 1. The molecule has 0 radical (unpaired) electrons. The van der Waals surface area contributed by atoms with Gasteiger partial charge in [-0.25, -0.2) is 17.4 Å². The molecule has 1 fully saturated rings. The van der Waals surface area contributed by atoms with E-state index < -0.39 is 10.0 Å². The lowest BCUT2D eigenvalue weighted by atomic mass is 9.97. The zero-order valence-electron chi connectivity index (χ0n) is 18.4. The summed E-state index contributed by atoms with van der Waals surface area (Å²) in [6, 6.07) is 20.0. The van der Waals surface area contributed by atoms with Gasteiger partial charge in [0.25, 0.3) is 0 Å². The van der Waals surface area contributed by atoms with E-state index in [4.69, 9.17) is 5.10 Å². The molecule has 1 amide bonds. The highest BCUT2D eigenvalue weighted by Crippen LogP contribution is 2.26. The number of piperidine rings is 1. The fourth-order valence-electron chi connectivity index (χ4n) is 4.02. The van der Waals surface area contributed by atoms with Crippen LogP contribution in [-0.2, 0) is 21.4 Å². The van der Waals surface area contributed by atoms with Crippen LogP contribution in [-0.4, -0.2) is 47.8 Å². The maximum Gasteiger partial charge on any atom is 0.228 e. The van der Waals surface area contributed by atoms with Crippen LogP contribution in [0.25, 0.3) is 11.3 Å². The summed E-state index contributed by atoms with van der Waals surface area (Å²) >= 11 is 0. The molecule has 0 saturated carbocycles. The van der Waals surface area contributed by atoms with Crippen molar-refractivity contribution in [2.45, 2.75) is 26.3 Å². The monoisotopic (exact) mass is 452 g/mol. The van der Waals surface area contributed by atoms with Crippen LogP contribution in [0.2, 0.25) is 0 Å². The van der Waals surface area contributed by atoms with Gasteiger partial charge in [0, 0.05) is 30.6 Å². The first-order chi connectivity index (χ1) is 15.3. The lowest BCUT2D eigenvalue weighted by Crippen LogP contribution is -2.41. The van der Waals surface area contributed by atoms with Crippen LogP contribution < -0.4 is 5.32 Å². The molecule has 0 atom stereocenters. The van der Waals surface area contributed by atoms with Gasteiger partial charge in [-0.1, -0.05) is 54.1 Å². The molecular weight excluding hydrogens is 424 g/mol. The summed E-state index contributed by atoms with van der Waals surface area (Å²) in [7, 11) is -3.22. The molecule has 2 heterocycles. The maximum absolute atomic E-state index is 13.0. The smallest absolute Gasteiger partial charge is 0.228 e. The lowest BCUT2D eigenvalue weighted by Gasteiger charge is -2.29. The summed E-state index contributed by atoms with van der Waals surface area (Å²) < 4.78 is 26.7. The number of hydrogen-bond acceptors (Lipinski definition) is 4. The van der Waals surface area contributed by atoms with E-state index in [2.05, 4.69) is 11.4 Å². The molecule has 0 aliphatic carbocycles. The number of nitrogens with one attached hydrogen (secondary N) is 1. The quantitative estimate of drug-likeness (QED) is 0.620. The molecule has 4 rings (SSSR count). The summed E-state index contributed by atoms with van der Waals surface area (Å²) in [5.41, 5.74) is 4.02. The Kier molecular flexibility index (Phi) is 6.43. The van der Waals surface area contributed by atoms with Gasteiger partial charge in [-0.15, -0.1) is 0 Å². The van der Waals surface area contributed by atoms with Gasteiger partial charge in [0.2, 0.25) is 15.9 Å². The van der Waals surface area contributed by atoms with Gasteiger partial charge in [0.1, 0.15) is 5.82 Å². The first-order valence-electron chi connectivity index (χ1n) is 10.7. The third-order valence-corrected chi connectivity index (χ3v) is 7.12. The van der Waals surface area contributed by atoms with Crippen molar-refractivity contribution in [3.63, 3.8) is 0 Å². The average molecular weight is 453 g/mol. The predicted molar refractivity (Wildman–Crippen MR) is 126 cm³/mol. The molecule has 0 spiro atoms. The number of hydrogen-bond donors (Lipinski definition) is 1. The maximum atomic E-state index is 13.0. The van der Waals surface area contributed by atoms with E-state index in [1.54, 1.807) is 0 Å². The second kappa shape index (κ2) is 9.26. The molecule has 8 heteroatoms. The first-order valence-corrected chi connectivity index (χ1v) is 12.6. The fraction of sp³-hybridized carbons (Fsp3) is 0.333. The largest absolute Gasteiger partial charge is 0.311 e. The van der Waals surface area contributed by atoms with E-state index in [0.29, 0.717) is 38.3 Å². The predicted octanol–water partition coefficient (Wildman–Crippen LogP) is 3.52. The molecule has 2 aromatic carbocycles. The van der Waals surface area contributed by atoms with Crippen LogP contribution >= 0.6 is 0 Å². The van der Waals surface area contributed by atoms with Crippen molar-refractivity contribution < 1.29 is 13.2 Å². The second-order valence-corrected chi connectivity index (χ2v) is 10.3. The number of carbonyl (C=O) groups excluding carboxylic acids is 1. The van der Waals surface area contributed by atoms with Gasteiger partial charge in [-0.3, -0.25) is 4.79 Å². The van der Waals surface area contributed by atoms with E-state index in [1.165, 1.54) is 10.6 Å². The van der Waals surface area contributed by atoms with Crippen molar-refractivity contribution in [2.24, 2.45) is 5.92 Å². The Morgan fingerprint density at radius 1 is 1.06 bits per heavy atom. The van der Waals surface area contributed by atoms with Crippen molar-refractivity contribution in [1.29, 1.82) is 0 Å². The zero-order chi connectivity index (χ0) is 22.7. The number of carbonyl (C=O) groups is 1. The topological polar surface area (TPSA) is 84.3 Å². The molecule has 168 valence electrons. The van der Waals surface area contributed by atoms with Crippen LogP contribution in [0.1, 0.15) is 24.0 Å². The molecule has 1 aliphatic heterocycles. The Bertz CT molecular complexity index is 1200. The number of anilines is 1. The molecule has 0 bridgehead atoms. The number of benzene rings is 2. The van der Waals surface area contributed by atoms with Crippen molar-refractivity contribution >= 4 is 21.7 Å². The summed E-state index contributed by atoms with van der Waals surface area (Å²) in [5, 5.41) is 7.83. The first kappa shape index (κ1) is 22.2. The normalized spacial score (nSPS) is 15.6. The Hall–Kier alpha value is -2.97. The summed E-state index contributed by atoms with van der Waals surface area (Å²) in [4.78, 5) is 13.0. The number of nitrogens with zero attached hydrogens (tertiary/aromatic N) is 3. The fourth-order valence-corrected chi connectivity index (χ4v) is 4.89. The van der Waals surface area contributed by atoms with Crippen LogP contribution in [0.5, 0.6) is 0 Å². The minimum atomic E-state index is -3.22. The standard InChI is InChI=1S/C24H28N4O3S/c1-18-7-6-10-21(15-18)22-16-23(28(26-22)17-19-8-4-3-5-9-19)25-24(29)20-11-13-27(14-12-20)32(2,30)31/h3-10,15-16,20H,11-14,17H2,1-2H3,(H,25,29). The molecule has 1 saturated heterocycles. The van der Waals surface area contributed by atoms with Crippen molar-refractivity contribution in [2.75, 3.05) is 24.7 Å². The lowest BCUT2D eigenvalue weighted by molar-refractivity contribution is -0.121. The van der Waals surface area contributed by atoms with Gasteiger partial charge in [0.05, 0.1) is 18.5 Å². The minimum Gasteiger partial charge on any atom is -0.311 e. The average Bonchev–Trinajstić information content (AvgIpc) is 3.16. The zero-order valence-corrected chi connectivity index (χ0v) is 19.2. The van der Waals surface area contributed by atoms with Gasteiger partial charge in [-0.05, 0) is 31.4 Å². The number of sulfonamides is 1. The van der Waals surface area contributed by atoms with E-state index in [0.717, 1.165) is 22.4 Å². The van der Waals surface area contributed by atoms with Crippen molar-refractivity contribution in [3.8, 4) is 11.3 Å². The molecule has 1 N–H and O–H groups in total. The number of rotatable bonds is 6. The Labute approximate surface area is 189 Å². The van der Waals surface area contributed by atoms with Gasteiger partial charge >= 0.3 is 0 Å². The Balaban J connectivity index is 1.55. The van der Waals surface area contributed by atoms with Crippen molar-refractivity contribution in [3.05, 3.63) is 71.8 Å². The van der Waals surface area contributed by atoms with E-state index in [1.807, 2.05) is 66.2 Å². The molecule has 1 aliphatic rings. The SMILES string of the molecule is Cc1cccc(-c2cc(NC(=O)C3CCN(S(C)(=O)=O)CC3)n(Cc3ccccc3)n2)c1. The van der Waals surface area contributed by atoms with E-state index >= 15 is 0 Å². The molecule has 0 unspecified atom stereocenters. The number of amides is 1. The second-order valence-electron chi connectivity index (χ2n) is 8.35. The molecule has 7 nitrogen and oxygen atoms in total. The summed E-state index contributed by atoms with van der Waals surface area (Å²) in [5.74, 6) is 0.319. The third kappa shape index (κ3) is 5.26. The Morgan fingerprint density at radius 2 is 1.78 bits per heavy atom. The van der Waals surface area contributed by atoms with Crippen LogP contribution in [0.4, 0.5) is 5.82 Å². The van der Waals surface area contributed by atoms with Crippen molar-refractivity contribution in [1.82, 2.24) is 14.1 Å². The molecule has 1 aromatic heterocycles. The third-order valence-electron chi connectivity index (χ3n) is 5.81. The minimum absolute atomic E-state index is 0.0943. The van der Waals surface area contributed by atoms with E-state index in [9.17, 15) is 13.2 Å². The van der Waals surface area contributed by atoms with Crippen LogP contribution in [0.3, 0.4) is 0 Å². The Morgan fingerprint density at radius 3 is 2.44 bits per heavy atom. The highest BCUT2D eigenvalue weighted by Gasteiger charge is 2.29.